The van der Waals surface area contributed by atoms with E-state index in [1.165, 1.54) is 5.56 Å². The normalized spacial score (nSPS) is 15.7. The first-order valence-corrected chi connectivity index (χ1v) is 8.79. The molecule has 26 heavy (non-hydrogen) atoms. The fraction of sp³-hybridized carbons (Fsp3) is 0.529. The van der Waals surface area contributed by atoms with Gasteiger partial charge in [-0.1, -0.05) is 0 Å². The number of aliphatic imine (C=N–C) groups is 1. The van der Waals surface area contributed by atoms with Crippen LogP contribution in [0.2, 0.25) is 0 Å². The van der Waals surface area contributed by atoms with Crippen molar-refractivity contribution in [2.75, 3.05) is 38.1 Å². The second-order valence-corrected chi connectivity index (χ2v) is 6.44. The standard InChI is InChI=1S/C17H26N8O/c1-18-17(19-6-4-5-14-9-20-22(2)11-14)24-7-8-25(16(26)13-24)15-10-21-23(3)12-15/h9-12H,4-8,13H2,1-3H3,(H,18,19). The molecule has 0 aromatic carbocycles. The van der Waals surface area contributed by atoms with Crippen molar-refractivity contribution in [1.82, 2.24) is 29.8 Å². The van der Waals surface area contributed by atoms with Crippen molar-refractivity contribution in [3.05, 3.63) is 30.4 Å². The molecule has 0 bridgehead atoms. The number of anilines is 1. The van der Waals surface area contributed by atoms with Crippen molar-refractivity contribution in [2.45, 2.75) is 12.8 Å². The van der Waals surface area contributed by atoms with Crippen LogP contribution in [0.1, 0.15) is 12.0 Å². The minimum atomic E-state index is 0.0579. The predicted octanol–water partition coefficient (Wildman–Crippen LogP) is 0.0104. The molecule has 1 aliphatic rings. The van der Waals surface area contributed by atoms with E-state index >= 15 is 0 Å². The number of carbonyl (C=O) groups is 1. The molecule has 0 spiro atoms. The van der Waals surface area contributed by atoms with Gasteiger partial charge in [-0.25, -0.2) is 0 Å². The number of amides is 1. The minimum Gasteiger partial charge on any atom is -0.356 e. The van der Waals surface area contributed by atoms with Gasteiger partial charge in [0, 0.05) is 53.2 Å². The summed E-state index contributed by atoms with van der Waals surface area (Å²) in [6, 6.07) is 0. The quantitative estimate of drug-likeness (QED) is 0.462. The molecule has 0 radical (unpaired) electrons. The average molecular weight is 358 g/mol. The lowest BCUT2D eigenvalue weighted by molar-refractivity contribution is -0.120. The van der Waals surface area contributed by atoms with Crippen LogP contribution < -0.4 is 10.2 Å². The third kappa shape index (κ3) is 4.22. The van der Waals surface area contributed by atoms with Crippen LogP contribution in [0.3, 0.4) is 0 Å². The maximum Gasteiger partial charge on any atom is 0.246 e. The Labute approximate surface area is 153 Å². The summed E-state index contributed by atoms with van der Waals surface area (Å²) in [6.45, 7) is 2.49. The monoisotopic (exact) mass is 358 g/mol. The summed E-state index contributed by atoms with van der Waals surface area (Å²) in [7, 11) is 5.52. The number of piperazine rings is 1. The van der Waals surface area contributed by atoms with Gasteiger partial charge in [-0.2, -0.15) is 10.2 Å². The van der Waals surface area contributed by atoms with Crippen LogP contribution in [0.15, 0.2) is 29.8 Å². The molecular weight excluding hydrogens is 332 g/mol. The Morgan fingerprint density at radius 1 is 1.19 bits per heavy atom. The second-order valence-electron chi connectivity index (χ2n) is 6.44. The summed E-state index contributed by atoms with van der Waals surface area (Å²) in [4.78, 5) is 20.6. The Balaban J connectivity index is 1.47. The lowest BCUT2D eigenvalue weighted by Crippen LogP contribution is -2.55. The Kier molecular flexibility index (Phi) is 5.55. The Hall–Kier alpha value is -2.84. The molecule has 0 aliphatic carbocycles. The summed E-state index contributed by atoms with van der Waals surface area (Å²) in [5.74, 6) is 0.831. The highest BCUT2D eigenvalue weighted by molar-refractivity contribution is 5.98. The Morgan fingerprint density at radius 2 is 1.96 bits per heavy atom. The summed E-state index contributed by atoms with van der Waals surface area (Å²) < 4.78 is 3.52. The zero-order valence-corrected chi connectivity index (χ0v) is 15.6. The largest absolute Gasteiger partial charge is 0.356 e. The van der Waals surface area contributed by atoms with E-state index < -0.39 is 0 Å². The molecule has 9 nitrogen and oxygen atoms in total. The van der Waals surface area contributed by atoms with Crippen molar-refractivity contribution >= 4 is 17.6 Å². The first-order chi connectivity index (χ1) is 12.6. The summed E-state index contributed by atoms with van der Waals surface area (Å²) in [6.07, 6.45) is 9.45. The molecule has 2 aromatic heterocycles. The molecule has 0 saturated carbocycles. The van der Waals surface area contributed by atoms with E-state index in [1.807, 2.05) is 42.3 Å². The minimum absolute atomic E-state index is 0.0579. The highest BCUT2D eigenvalue weighted by Crippen LogP contribution is 2.16. The van der Waals surface area contributed by atoms with Crippen LogP contribution in [-0.2, 0) is 25.3 Å². The van der Waals surface area contributed by atoms with Crippen molar-refractivity contribution < 1.29 is 4.79 Å². The zero-order chi connectivity index (χ0) is 18.5. The first kappa shape index (κ1) is 18.0. The number of nitrogens with zero attached hydrogens (tertiary/aromatic N) is 7. The van der Waals surface area contributed by atoms with Gasteiger partial charge in [-0.3, -0.25) is 19.2 Å². The van der Waals surface area contributed by atoms with Gasteiger partial charge in [0.2, 0.25) is 5.91 Å². The van der Waals surface area contributed by atoms with Gasteiger partial charge in [0.15, 0.2) is 5.96 Å². The highest BCUT2D eigenvalue weighted by Gasteiger charge is 2.27. The Morgan fingerprint density at radius 3 is 2.58 bits per heavy atom. The number of rotatable bonds is 5. The van der Waals surface area contributed by atoms with Crippen LogP contribution in [0, 0.1) is 0 Å². The van der Waals surface area contributed by atoms with Crippen LogP contribution in [0.5, 0.6) is 0 Å². The number of hydrogen-bond acceptors (Lipinski definition) is 4. The van der Waals surface area contributed by atoms with Crippen LogP contribution in [0.25, 0.3) is 0 Å². The molecule has 1 amide bonds. The van der Waals surface area contributed by atoms with Gasteiger partial charge in [-0.15, -0.1) is 0 Å². The van der Waals surface area contributed by atoms with E-state index in [0.29, 0.717) is 13.1 Å². The first-order valence-electron chi connectivity index (χ1n) is 8.79. The maximum atomic E-state index is 12.5. The third-order valence-corrected chi connectivity index (χ3v) is 4.42. The number of aromatic nitrogens is 4. The van der Waals surface area contributed by atoms with E-state index in [-0.39, 0.29) is 5.91 Å². The average Bonchev–Trinajstić information content (AvgIpc) is 3.23. The number of hydrogen-bond donors (Lipinski definition) is 1. The van der Waals surface area contributed by atoms with Gasteiger partial charge < -0.3 is 15.1 Å². The van der Waals surface area contributed by atoms with E-state index in [9.17, 15) is 4.79 Å². The van der Waals surface area contributed by atoms with Gasteiger partial charge >= 0.3 is 0 Å². The topological polar surface area (TPSA) is 83.6 Å². The lowest BCUT2D eigenvalue weighted by Gasteiger charge is -2.35. The molecule has 1 saturated heterocycles. The number of aryl methyl sites for hydroxylation is 3. The summed E-state index contributed by atoms with van der Waals surface area (Å²) in [5, 5.41) is 11.7. The summed E-state index contributed by atoms with van der Waals surface area (Å²) >= 11 is 0. The van der Waals surface area contributed by atoms with Crippen molar-refractivity contribution in [3.63, 3.8) is 0 Å². The zero-order valence-electron chi connectivity index (χ0n) is 15.6. The third-order valence-electron chi connectivity index (χ3n) is 4.42. The molecule has 2 aromatic rings. The molecule has 3 rings (SSSR count). The van der Waals surface area contributed by atoms with E-state index in [2.05, 4.69) is 20.5 Å². The van der Waals surface area contributed by atoms with Crippen molar-refractivity contribution in [2.24, 2.45) is 19.1 Å². The molecule has 1 aliphatic heterocycles. The van der Waals surface area contributed by atoms with Crippen LogP contribution >= 0.6 is 0 Å². The number of guanidine groups is 1. The molecule has 1 fully saturated rings. The van der Waals surface area contributed by atoms with E-state index in [0.717, 1.165) is 37.6 Å². The molecule has 9 heteroatoms. The van der Waals surface area contributed by atoms with Crippen LogP contribution in [0.4, 0.5) is 5.69 Å². The van der Waals surface area contributed by atoms with Gasteiger partial charge in [0.05, 0.1) is 18.1 Å². The number of carbonyl (C=O) groups excluding carboxylic acids is 1. The molecular formula is C17H26N8O. The fourth-order valence-corrected chi connectivity index (χ4v) is 3.10. The maximum absolute atomic E-state index is 12.5. The molecule has 1 N–H and O–H groups in total. The smallest absolute Gasteiger partial charge is 0.246 e. The van der Waals surface area contributed by atoms with Crippen LogP contribution in [-0.4, -0.2) is 69.6 Å². The summed E-state index contributed by atoms with van der Waals surface area (Å²) in [5.41, 5.74) is 2.07. The number of nitrogens with one attached hydrogen (secondary N) is 1. The molecule has 3 heterocycles. The highest BCUT2D eigenvalue weighted by atomic mass is 16.2. The lowest BCUT2D eigenvalue weighted by atomic mass is 10.2. The Bertz CT molecular complexity index is 777. The van der Waals surface area contributed by atoms with Gasteiger partial charge in [0.1, 0.15) is 6.54 Å². The molecule has 0 atom stereocenters. The van der Waals surface area contributed by atoms with Crippen molar-refractivity contribution in [1.29, 1.82) is 0 Å². The second kappa shape index (κ2) is 8.03. The SMILES string of the molecule is CN=C(NCCCc1cnn(C)c1)N1CCN(c2cnn(C)c2)C(=O)C1. The van der Waals surface area contributed by atoms with Gasteiger partial charge in [0.25, 0.3) is 0 Å². The van der Waals surface area contributed by atoms with E-state index in [4.69, 9.17) is 0 Å². The van der Waals surface area contributed by atoms with E-state index in [1.54, 1.807) is 22.8 Å². The molecule has 140 valence electrons. The fourth-order valence-electron chi connectivity index (χ4n) is 3.10. The molecule has 0 unspecified atom stereocenters. The van der Waals surface area contributed by atoms with Gasteiger partial charge in [-0.05, 0) is 18.4 Å². The predicted molar refractivity (Wildman–Crippen MR) is 100 cm³/mol. The van der Waals surface area contributed by atoms with Crippen molar-refractivity contribution in [3.8, 4) is 0 Å².